The monoisotopic (exact) mass is 235 g/mol. The van der Waals surface area contributed by atoms with Gasteiger partial charge in [-0.25, -0.2) is 0 Å². The van der Waals surface area contributed by atoms with Gasteiger partial charge in [0, 0.05) is 5.54 Å². The summed E-state index contributed by atoms with van der Waals surface area (Å²) in [6.07, 6.45) is 1.14. The molecule has 0 saturated heterocycles. The van der Waals surface area contributed by atoms with E-state index in [1.165, 1.54) is 0 Å². The van der Waals surface area contributed by atoms with Crippen molar-refractivity contribution in [2.45, 2.75) is 31.4 Å². The summed E-state index contributed by atoms with van der Waals surface area (Å²) >= 11 is 0. The smallest absolute Gasteiger partial charge is 0.161 e. The lowest BCUT2D eigenvalue weighted by atomic mass is 9.96. The minimum Gasteiger partial charge on any atom is -0.486 e. The number of fused-ring (bicyclic) bond motifs is 1. The zero-order chi connectivity index (χ0) is 12.0. The van der Waals surface area contributed by atoms with Crippen LogP contribution in [0.15, 0.2) is 12.1 Å². The van der Waals surface area contributed by atoms with Gasteiger partial charge in [0.2, 0.25) is 0 Å². The molecule has 1 aliphatic heterocycles. The fourth-order valence-corrected chi connectivity index (χ4v) is 2.23. The molecule has 4 heteroatoms. The maximum absolute atomic E-state index is 10.3. The van der Waals surface area contributed by atoms with Crippen LogP contribution in [0.5, 0.6) is 11.5 Å². The first kappa shape index (κ1) is 10.9. The van der Waals surface area contributed by atoms with Gasteiger partial charge in [-0.2, -0.15) is 0 Å². The van der Waals surface area contributed by atoms with E-state index in [4.69, 9.17) is 15.2 Å². The van der Waals surface area contributed by atoms with E-state index in [-0.39, 0.29) is 0 Å². The molecule has 0 spiro atoms. The maximum atomic E-state index is 10.3. The largest absolute Gasteiger partial charge is 0.486 e. The second kappa shape index (κ2) is 3.62. The van der Waals surface area contributed by atoms with E-state index in [0.29, 0.717) is 19.0 Å². The van der Waals surface area contributed by atoms with E-state index < -0.39 is 11.6 Å². The second-order valence-corrected chi connectivity index (χ2v) is 4.99. The maximum Gasteiger partial charge on any atom is 0.161 e. The number of hydrogen-bond acceptors (Lipinski definition) is 4. The zero-order valence-corrected chi connectivity index (χ0v) is 9.90. The quantitative estimate of drug-likeness (QED) is 0.810. The summed E-state index contributed by atoms with van der Waals surface area (Å²) in [5.74, 6) is 1.46. The Balaban J connectivity index is 1.99. The highest BCUT2D eigenvalue weighted by Crippen LogP contribution is 2.46. The number of nitrogens with two attached hydrogens (primary N) is 1. The molecule has 4 nitrogen and oxygen atoms in total. The molecule has 1 fully saturated rings. The molecule has 3 N–H and O–H groups in total. The van der Waals surface area contributed by atoms with Crippen molar-refractivity contribution in [3.05, 3.63) is 23.3 Å². The van der Waals surface area contributed by atoms with Crippen molar-refractivity contribution in [1.82, 2.24) is 0 Å². The van der Waals surface area contributed by atoms with E-state index in [1.54, 1.807) is 0 Å². The van der Waals surface area contributed by atoms with E-state index in [2.05, 4.69) is 0 Å². The lowest BCUT2D eigenvalue weighted by Crippen LogP contribution is -2.31. The van der Waals surface area contributed by atoms with Gasteiger partial charge in [-0.1, -0.05) is 0 Å². The topological polar surface area (TPSA) is 64.7 Å². The van der Waals surface area contributed by atoms with Gasteiger partial charge in [-0.15, -0.1) is 0 Å². The van der Waals surface area contributed by atoms with E-state index in [9.17, 15) is 5.11 Å². The lowest BCUT2D eigenvalue weighted by Gasteiger charge is -2.24. The van der Waals surface area contributed by atoms with Crippen LogP contribution in [0.4, 0.5) is 0 Å². The molecule has 2 aliphatic rings. The van der Waals surface area contributed by atoms with Crippen LogP contribution in [-0.2, 0) is 0 Å². The number of benzene rings is 1. The van der Waals surface area contributed by atoms with Crippen LogP contribution in [0, 0.1) is 6.92 Å². The van der Waals surface area contributed by atoms with Crippen molar-refractivity contribution in [2.75, 3.05) is 13.2 Å². The van der Waals surface area contributed by atoms with E-state index in [0.717, 1.165) is 29.7 Å². The molecule has 0 bridgehead atoms. The zero-order valence-electron chi connectivity index (χ0n) is 9.90. The van der Waals surface area contributed by atoms with Crippen LogP contribution in [0.3, 0.4) is 0 Å². The van der Waals surface area contributed by atoms with Crippen LogP contribution >= 0.6 is 0 Å². The number of hydrogen-bond donors (Lipinski definition) is 2. The minimum atomic E-state index is -0.613. The van der Waals surface area contributed by atoms with Gasteiger partial charge >= 0.3 is 0 Å². The average molecular weight is 235 g/mol. The number of aliphatic hydroxyl groups excluding tert-OH is 1. The van der Waals surface area contributed by atoms with Crippen LogP contribution in [0.1, 0.15) is 30.1 Å². The third kappa shape index (κ3) is 1.77. The molecule has 3 rings (SSSR count). The molecule has 92 valence electrons. The number of ether oxygens (including phenoxy) is 2. The molecule has 17 heavy (non-hydrogen) atoms. The first-order valence-electron chi connectivity index (χ1n) is 5.97. The normalized spacial score (nSPS) is 22.1. The first-order chi connectivity index (χ1) is 8.10. The van der Waals surface area contributed by atoms with Crippen LogP contribution < -0.4 is 15.2 Å². The van der Waals surface area contributed by atoms with Crippen molar-refractivity contribution in [2.24, 2.45) is 5.73 Å². The summed E-state index contributed by atoms with van der Waals surface area (Å²) < 4.78 is 11.0. The van der Waals surface area contributed by atoms with Gasteiger partial charge < -0.3 is 20.3 Å². The summed E-state index contributed by atoms with van der Waals surface area (Å²) in [6, 6.07) is 3.78. The molecule has 1 saturated carbocycles. The molecule has 0 radical (unpaired) electrons. The Labute approximate surface area is 100 Å². The van der Waals surface area contributed by atoms with Crippen molar-refractivity contribution in [3.63, 3.8) is 0 Å². The SMILES string of the molecule is Cc1cc2c(cc1C(O)C1(N)CC1)OCCO2. The van der Waals surface area contributed by atoms with Gasteiger partial charge in [-0.3, -0.25) is 0 Å². The van der Waals surface area contributed by atoms with Crippen LogP contribution in [0.25, 0.3) is 0 Å². The molecular weight excluding hydrogens is 218 g/mol. The minimum absolute atomic E-state index is 0.436. The summed E-state index contributed by atoms with van der Waals surface area (Å²) in [4.78, 5) is 0. The van der Waals surface area contributed by atoms with Gasteiger partial charge in [0.15, 0.2) is 11.5 Å². The Morgan fingerprint density at radius 1 is 1.24 bits per heavy atom. The standard InChI is InChI=1S/C13H17NO3/c1-8-6-10-11(17-5-4-16-10)7-9(8)12(15)13(14)2-3-13/h6-7,12,15H,2-5,14H2,1H3. The molecule has 1 unspecified atom stereocenters. The van der Waals surface area contributed by atoms with Gasteiger partial charge in [0.1, 0.15) is 13.2 Å². The van der Waals surface area contributed by atoms with Gasteiger partial charge in [0.25, 0.3) is 0 Å². The fourth-order valence-electron chi connectivity index (χ4n) is 2.23. The number of aryl methyl sites for hydroxylation is 1. The van der Waals surface area contributed by atoms with Crippen molar-refractivity contribution < 1.29 is 14.6 Å². The summed E-state index contributed by atoms with van der Waals surface area (Å²) in [6.45, 7) is 3.09. The van der Waals surface area contributed by atoms with Crippen molar-refractivity contribution in [3.8, 4) is 11.5 Å². The first-order valence-corrected chi connectivity index (χ1v) is 5.97. The molecule has 1 aromatic carbocycles. The summed E-state index contributed by atoms with van der Waals surface area (Å²) in [7, 11) is 0. The molecule has 1 heterocycles. The average Bonchev–Trinajstić information content (AvgIpc) is 3.07. The molecular formula is C13H17NO3. The van der Waals surface area contributed by atoms with E-state index in [1.807, 2.05) is 19.1 Å². The lowest BCUT2D eigenvalue weighted by molar-refractivity contribution is 0.133. The highest BCUT2D eigenvalue weighted by atomic mass is 16.6. The van der Waals surface area contributed by atoms with Crippen molar-refractivity contribution >= 4 is 0 Å². The molecule has 0 aromatic heterocycles. The summed E-state index contributed by atoms with van der Waals surface area (Å²) in [5.41, 5.74) is 7.46. The van der Waals surface area contributed by atoms with Crippen molar-refractivity contribution in [1.29, 1.82) is 0 Å². The highest BCUT2D eigenvalue weighted by Gasteiger charge is 2.46. The van der Waals surface area contributed by atoms with Crippen LogP contribution in [-0.4, -0.2) is 23.9 Å². The Morgan fingerprint density at radius 3 is 2.41 bits per heavy atom. The Morgan fingerprint density at radius 2 is 1.82 bits per heavy atom. The highest BCUT2D eigenvalue weighted by molar-refractivity contribution is 5.49. The molecule has 1 aliphatic carbocycles. The third-order valence-electron chi connectivity index (χ3n) is 3.60. The Hall–Kier alpha value is -1.26. The van der Waals surface area contributed by atoms with Gasteiger partial charge in [-0.05, 0) is 43.0 Å². The van der Waals surface area contributed by atoms with E-state index >= 15 is 0 Å². The molecule has 1 aromatic rings. The summed E-state index contributed by atoms with van der Waals surface area (Å²) in [5, 5.41) is 10.3. The fraction of sp³-hybridized carbons (Fsp3) is 0.538. The Kier molecular flexibility index (Phi) is 2.31. The predicted octanol–water partition coefficient (Wildman–Crippen LogP) is 1.29. The second-order valence-electron chi connectivity index (χ2n) is 4.99. The Bertz CT molecular complexity index is 454. The number of rotatable bonds is 2. The number of aliphatic hydroxyl groups is 1. The molecule has 0 amide bonds. The predicted molar refractivity (Wildman–Crippen MR) is 63.3 cm³/mol. The van der Waals surface area contributed by atoms with Crippen LogP contribution in [0.2, 0.25) is 0 Å². The molecule has 1 atom stereocenters. The van der Waals surface area contributed by atoms with Gasteiger partial charge in [0.05, 0.1) is 6.10 Å². The third-order valence-corrected chi connectivity index (χ3v) is 3.60.